The Morgan fingerprint density at radius 1 is 1.33 bits per heavy atom. The lowest BCUT2D eigenvalue weighted by Gasteiger charge is -2.33. The van der Waals surface area contributed by atoms with Crippen LogP contribution >= 0.6 is 0 Å². The highest BCUT2D eigenvalue weighted by molar-refractivity contribution is 7.89. The highest BCUT2D eigenvalue weighted by Gasteiger charge is 2.37. The first-order valence-corrected chi connectivity index (χ1v) is 9.85. The number of carboxylic acids is 1. The predicted molar refractivity (Wildman–Crippen MR) is 94.4 cm³/mol. The van der Waals surface area contributed by atoms with Crippen LogP contribution in [0.15, 0.2) is 29.2 Å². The van der Waals surface area contributed by atoms with E-state index >= 15 is 0 Å². The number of nitro benzene ring substituents is 1. The number of amides is 1. The summed E-state index contributed by atoms with van der Waals surface area (Å²) in [5, 5.41) is 22.1. The summed E-state index contributed by atoms with van der Waals surface area (Å²) in [5.41, 5.74) is -0.232. The number of carbonyl (C=O) groups excluding carboxylic acids is 1. The number of hydrogen-bond acceptors (Lipinski definition) is 6. The molecule has 2 atom stereocenters. The van der Waals surface area contributed by atoms with E-state index in [0.717, 1.165) is 28.6 Å². The Hall–Kier alpha value is -2.53. The molecule has 11 heteroatoms. The third-order valence-electron chi connectivity index (χ3n) is 4.41. The summed E-state index contributed by atoms with van der Waals surface area (Å²) in [6, 6.07) is 3.54. The van der Waals surface area contributed by atoms with Crippen molar-refractivity contribution < 1.29 is 28.0 Å². The maximum absolute atomic E-state index is 12.9. The van der Waals surface area contributed by atoms with E-state index in [1.165, 1.54) is 6.92 Å². The molecule has 1 saturated heterocycles. The lowest BCUT2D eigenvalue weighted by Crippen LogP contribution is -2.52. The minimum absolute atomic E-state index is 0.101. The maximum atomic E-state index is 12.9. The van der Waals surface area contributed by atoms with Gasteiger partial charge >= 0.3 is 5.97 Å². The summed E-state index contributed by atoms with van der Waals surface area (Å²) in [6.45, 7) is 1.48. The van der Waals surface area contributed by atoms with Gasteiger partial charge < -0.3 is 10.4 Å². The van der Waals surface area contributed by atoms with Gasteiger partial charge in [-0.2, -0.15) is 4.31 Å². The zero-order chi connectivity index (χ0) is 20.2. The molecule has 0 aromatic heterocycles. The number of piperidine rings is 1. The van der Waals surface area contributed by atoms with Crippen LogP contribution in [0.4, 0.5) is 5.69 Å². The van der Waals surface area contributed by atoms with Crippen LogP contribution in [0.5, 0.6) is 0 Å². The van der Waals surface area contributed by atoms with Gasteiger partial charge in [0.25, 0.3) is 5.69 Å². The molecular formula is C16H21N3O7S. The van der Waals surface area contributed by atoms with E-state index in [4.69, 9.17) is 5.11 Å². The Labute approximate surface area is 156 Å². The second-order valence-corrected chi connectivity index (χ2v) is 8.25. The number of nitrogens with one attached hydrogen (secondary N) is 1. The molecule has 0 saturated carbocycles. The molecule has 1 aliphatic heterocycles. The number of nitrogens with zero attached hydrogens (tertiary/aromatic N) is 2. The first-order chi connectivity index (χ1) is 12.6. The Morgan fingerprint density at radius 3 is 2.52 bits per heavy atom. The number of non-ortho nitro benzene ring substituents is 1. The maximum Gasteiger partial charge on any atom is 0.308 e. The Kier molecular flexibility index (Phi) is 6.50. The number of aliphatic carboxylic acids is 1. The molecule has 1 aromatic rings. The van der Waals surface area contributed by atoms with E-state index in [2.05, 4.69) is 5.32 Å². The molecule has 27 heavy (non-hydrogen) atoms. The van der Waals surface area contributed by atoms with Crippen molar-refractivity contribution in [3.63, 3.8) is 0 Å². The van der Waals surface area contributed by atoms with Crippen molar-refractivity contribution >= 4 is 27.6 Å². The van der Waals surface area contributed by atoms with E-state index in [1.54, 1.807) is 0 Å². The first kappa shape index (κ1) is 20.8. The third kappa shape index (κ3) is 4.80. The average molecular weight is 399 g/mol. The molecular weight excluding hydrogens is 378 g/mol. The minimum atomic E-state index is -4.02. The van der Waals surface area contributed by atoms with Crippen molar-refractivity contribution in [3.8, 4) is 0 Å². The van der Waals surface area contributed by atoms with E-state index in [9.17, 15) is 28.1 Å². The van der Waals surface area contributed by atoms with Crippen LogP contribution in [0, 0.1) is 16.0 Å². The Bertz CT molecular complexity index is 823. The van der Waals surface area contributed by atoms with Gasteiger partial charge in [0.2, 0.25) is 15.9 Å². The largest absolute Gasteiger partial charge is 0.481 e. The van der Waals surface area contributed by atoms with Crippen molar-refractivity contribution in [2.45, 2.75) is 37.1 Å². The first-order valence-electron chi connectivity index (χ1n) is 8.41. The van der Waals surface area contributed by atoms with Gasteiger partial charge in [-0.25, -0.2) is 8.42 Å². The molecule has 1 heterocycles. The summed E-state index contributed by atoms with van der Waals surface area (Å²) < 4.78 is 26.9. The van der Waals surface area contributed by atoms with Crippen molar-refractivity contribution in [3.05, 3.63) is 34.4 Å². The summed E-state index contributed by atoms with van der Waals surface area (Å²) in [4.78, 5) is 33.3. The minimum Gasteiger partial charge on any atom is -0.481 e. The van der Waals surface area contributed by atoms with Gasteiger partial charge in [0.15, 0.2) is 0 Å². The van der Waals surface area contributed by atoms with Crippen molar-refractivity contribution in [2.75, 3.05) is 13.1 Å². The van der Waals surface area contributed by atoms with E-state index in [1.807, 2.05) is 0 Å². The zero-order valence-electron chi connectivity index (χ0n) is 14.7. The molecule has 0 aliphatic carbocycles. The number of nitro groups is 1. The number of rotatable bonds is 7. The van der Waals surface area contributed by atoms with E-state index < -0.39 is 38.8 Å². The van der Waals surface area contributed by atoms with Gasteiger partial charge in [-0.15, -0.1) is 0 Å². The summed E-state index contributed by atoms with van der Waals surface area (Å²) in [6.07, 6.45) is 1.57. The van der Waals surface area contributed by atoms with Crippen LogP contribution in [0.1, 0.15) is 26.2 Å². The van der Waals surface area contributed by atoms with Gasteiger partial charge in [0, 0.05) is 25.2 Å². The molecule has 148 valence electrons. The number of carboxylic acid groups (broad SMARTS) is 1. The summed E-state index contributed by atoms with van der Waals surface area (Å²) in [7, 11) is -4.02. The van der Waals surface area contributed by atoms with Crippen LogP contribution in [0.2, 0.25) is 0 Å². The fourth-order valence-electron chi connectivity index (χ4n) is 2.79. The number of benzene rings is 1. The molecule has 1 aromatic carbocycles. The predicted octanol–water partition coefficient (Wildman–Crippen LogP) is 0.975. The average Bonchev–Trinajstić information content (AvgIpc) is 2.65. The van der Waals surface area contributed by atoms with Crippen LogP contribution in [-0.2, 0) is 19.6 Å². The van der Waals surface area contributed by atoms with Crippen molar-refractivity contribution in [1.82, 2.24) is 9.62 Å². The number of carbonyl (C=O) groups is 2. The molecule has 10 nitrogen and oxygen atoms in total. The van der Waals surface area contributed by atoms with Crippen LogP contribution in [0.3, 0.4) is 0 Å². The van der Waals surface area contributed by atoms with Crippen LogP contribution < -0.4 is 5.32 Å². The van der Waals surface area contributed by atoms with Gasteiger partial charge in [-0.1, -0.05) is 13.3 Å². The highest BCUT2D eigenvalue weighted by atomic mass is 32.2. The molecule has 1 amide bonds. The molecule has 2 rings (SSSR count). The van der Waals surface area contributed by atoms with Crippen molar-refractivity contribution in [2.24, 2.45) is 5.92 Å². The molecule has 2 N–H and O–H groups in total. The monoisotopic (exact) mass is 399 g/mol. The SMILES string of the molecule is CC(CNC(=O)C1CCCCN1S(=O)(=O)c1ccc([N+](=O)[O-])cc1)C(=O)O. The fourth-order valence-corrected chi connectivity index (χ4v) is 4.45. The molecule has 0 bridgehead atoms. The Morgan fingerprint density at radius 2 is 1.96 bits per heavy atom. The third-order valence-corrected chi connectivity index (χ3v) is 6.34. The zero-order valence-corrected chi connectivity index (χ0v) is 15.5. The topological polar surface area (TPSA) is 147 Å². The molecule has 1 aliphatic rings. The van der Waals surface area contributed by atoms with Gasteiger partial charge in [0.05, 0.1) is 15.7 Å². The second kappa shape index (κ2) is 8.44. The highest BCUT2D eigenvalue weighted by Crippen LogP contribution is 2.26. The lowest BCUT2D eigenvalue weighted by molar-refractivity contribution is -0.384. The number of sulfonamides is 1. The van der Waals surface area contributed by atoms with Crippen molar-refractivity contribution in [1.29, 1.82) is 0 Å². The lowest BCUT2D eigenvalue weighted by atomic mass is 10.0. The van der Waals surface area contributed by atoms with E-state index in [-0.39, 0.29) is 23.7 Å². The summed E-state index contributed by atoms with van der Waals surface area (Å²) >= 11 is 0. The standard InChI is InChI=1S/C16H21N3O7S/c1-11(16(21)22)10-17-15(20)14-4-2-3-9-18(14)27(25,26)13-7-5-12(6-8-13)19(23)24/h5-8,11,14H,2-4,9-10H2,1H3,(H,17,20)(H,21,22). The molecule has 1 fully saturated rings. The van der Waals surface area contributed by atoms with Gasteiger partial charge in [0.1, 0.15) is 6.04 Å². The smallest absolute Gasteiger partial charge is 0.308 e. The van der Waals surface area contributed by atoms with Crippen LogP contribution in [-0.4, -0.2) is 53.8 Å². The molecule has 2 unspecified atom stereocenters. The van der Waals surface area contributed by atoms with Gasteiger partial charge in [-0.3, -0.25) is 19.7 Å². The fraction of sp³-hybridized carbons (Fsp3) is 0.500. The second-order valence-electron chi connectivity index (χ2n) is 6.36. The normalized spacial score (nSPS) is 19.2. The Balaban J connectivity index is 2.20. The number of hydrogen-bond donors (Lipinski definition) is 2. The quantitative estimate of drug-likeness (QED) is 0.513. The van der Waals surface area contributed by atoms with Crippen LogP contribution in [0.25, 0.3) is 0 Å². The summed E-state index contributed by atoms with van der Waals surface area (Å²) in [5.74, 6) is -2.40. The van der Waals surface area contributed by atoms with E-state index in [0.29, 0.717) is 19.3 Å². The molecule has 0 radical (unpaired) electrons. The van der Waals surface area contributed by atoms with Gasteiger partial charge in [-0.05, 0) is 25.0 Å². The molecule has 0 spiro atoms.